The summed E-state index contributed by atoms with van der Waals surface area (Å²) in [6.07, 6.45) is 1.94. The van der Waals surface area contributed by atoms with Crippen LogP contribution in [-0.4, -0.2) is 29.2 Å². The van der Waals surface area contributed by atoms with E-state index in [0.29, 0.717) is 5.88 Å². The number of hydrogen-bond donors (Lipinski definition) is 1. The molecular weight excluding hydrogens is 196 g/mol. The minimum atomic E-state index is -0.0245. The average molecular weight is 207 g/mol. The molecule has 1 atom stereocenters. The number of halogens is 1. The largest absolute Gasteiger partial charge is 0.351 e. The van der Waals surface area contributed by atoms with Crippen molar-refractivity contribution in [3.63, 3.8) is 0 Å². The van der Waals surface area contributed by atoms with Crippen LogP contribution in [0.25, 0.3) is 0 Å². The molecule has 0 aliphatic carbocycles. The van der Waals surface area contributed by atoms with Crippen LogP contribution in [0.2, 0.25) is 0 Å². The summed E-state index contributed by atoms with van der Waals surface area (Å²) in [6.45, 7) is 1.51. The van der Waals surface area contributed by atoms with Crippen molar-refractivity contribution in [2.24, 2.45) is 0 Å². The van der Waals surface area contributed by atoms with E-state index in [0.717, 1.165) is 4.91 Å². The minimum absolute atomic E-state index is 0.0104. The molecule has 68 valence electrons. The van der Waals surface area contributed by atoms with Crippen LogP contribution in [0.4, 0.5) is 0 Å². The van der Waals surface area contributed by atoms with Crippen molar-refractivity contribution < 1.29 is 4.79 Å². The van der Waals surface area contributed by atoms with Gasteiger partial charge in [0.05, 0.1) is 5.88 Å². The number of carbonyl (C=O) groups is 1. The lowest BCUT2D eigenvalue weighted by Gasteiger charge is -2.19. The third-order valence-corrected chi connectivity index (χ3v) is 3.11. The van der Waals surface area contributed by atoms with E-state index in [4.69, 9.17) is 11.6 Å². The summed E-state index contributed by atoms with van der Waals surface area (Å²) in [5.41, 5.74) is 0.0104. The predicted molar refractivity (Wildman–Crippen MR) is 51.8 cm³/mol. The third kappa shape index (κ3) is 2.32. The summed E-state index contributed by atoms with van der Waals surface area (Å²) < 4.78 is 0. The molecule has 0 bridgehead atoms. The van der Waals surface area contributed by atoms with Crippen molar-refractivity contribution in [2.45, 2.75) is 12.4 Å². The number of nitrogens with zero attached hydrogens (tertiary/aromatic N) is 1. The minimum Gasteiger partial charge on any atom is -0.351 e. The van der Waals surface area contributed by atoms with Gasteiger partial charge in [0.2, 0.25) is 5.91 Å². The van der Waals surface area contributed by atoms with Gasteiger partial charge >= 0.3 is 0 Å². The van der Waals surface area contributed by atoms with Crippen molar-refractivity contribution in [3.8, 4) is 0 Å². The second-order valence-corrected chi connectivity index (χ2v) is 4.04. The van der Waals surface area contributed by atoms with Crippen LogP contribution in [0.5, 0.6) is 0 Å². The SMILES string of the molecule is CC(=O)NC1SC(CCl)=CN1C. The van der Waals surface area contributed by atoms with Gasteiger partial charge < -0.3 is 10.2 Å². The molecule has 1 unspecified atom stereocenters. The quantitative estimate of drug-likeness (QED) is 0.689. The molecule has 12 heavy (non-hydrogen) atoms. The van der Waals surface area contributed by atoms with E-state index in [1.807, 2.05) is 18.1 Å². The molecule has 0 spiro atoms. The van der Waals surface area contributed by atoms with Crippen molar-refractivity contribution in [1.29, 1.82) is 0 Å². The van der Waals surface area contributed by atoms with E-state index < -0.39 is 0 Å². The summed E-state index contributed by atoms with van der Waals surface area (Å²) in [6, 6.07) is 0. The van der Waals surface area contributed by atoms with E-state index in [1.165, 1.54) is 6.92 Å². The summed E-state index contributed by atoms with van der Waals surface area (Å²) in [5.74, 6) is 0.481. The van der Waals surface area contributed by atoms with Crippen molar-refractivity contribution in [3.05, 3.63) is 11.1 Å². The maximum Gasteiger partial charge on any atom is 0.219 e. The maximum atomic E-state index is 10.7. The van der Waals surface area contributed by atoms with Crippen molar-refractivity contribution in [2.75, 3.05) is 12.9 Å². The Bertz CT molecular complexity index is 219. The topological polar surface area (TPSA) is 32.3 Å². The fourth-order valence-electron chi connectivity index (χ4n) is 0.923. The maximum absolute atomic E-state index is 10.7. The highest BCUT2D eigenvalue weighted by atomic mass is 35.5. The third-order valence-electron chi connectivity index (χ3n) is 1.44. The number of rotatable bonds is 2. The molecule has 1 heterocycles. The van der Waals surface area contributed by atoms with Crippen molar-refractivity contribution >= 4 is 29.3 Å². The van der Waals surface area contributed by atoms with E-state index in [-0.39, 0.29) is 11.4 Å². The fraction of sp³-hybridized carbons (Fsp3) is 0.571. The molecular formula is C7H11ClN2OS. The predicted octanol–water partition coefficient (Wildman–Crippen LogP) is 1.16. The van der Waals surface area contributed by atoms with Crippen LogP contribution < -0.4 is 5.32 Å². The highest BCUT2D eigenvalue weighted by molar-refractivity contribution is 8.03. The smallest absolute Gasteiger partial charge is 0.219 e. The molecule has 1 aliphatic rings. The summed E-state index contributed by atoms with van der Waals surface area (Å²) in [4.78, 5) is 13.7. The Labute approximate surface area is 81.1 Å². The molecule has 1 rings (SSSR count). The van der Waals surface area contributed by atoms with Crippen LogP contribution in [0.1, 0.15) is 6.92 Å². The van der Waals surface area contributed by atoms with Gasteiger partial charge in [0.1, 0.15) is 0 Å². The van der Waals surface area contributed by atoms with Crippen molar-refractivity contribution in [1.82, 2.24) is 10.2 Å². The molecule has 0 saturated carbocycles. The molecule has 5 heteroatoms. The monoisotopic (exact) mass is 206 g/mol. The molecule has 0 fully saturated rings. The highest BCUT2D eigenvalue weighted by Gasteiger charge is 2.21. The summed E-state index contributed by atoms with van der Waals surface area (Å²) >= 11 is 7.22. The Balaban J connectivity index is 2.47. The normalized spacial score (nSPS) is 22.4. The number of hydrogen-bond acceptors (Lipinski definition) is 3. The highest BCUT2D eigenvalue weighted by Crippen LogP contribution is 2.30. The van der Waals surface area contributed by atoms with Gasteiger partial charge in [0.25, 0.3) is 0 Å². The van der Waals surface area contributed by atoms with Gasteiger partial charge in [-0.2, -0.15) is 0 Å². The Kier molecular flexibility index (Phi) is 3.29. The first kappa shape index (κ1) is 9.74. The first-order valence-electron chi connectivity index (χ1n) is 3.56. The molecule has 0 aromatic rings. The second-order valence-electron chi connectivity index (χ2n) is 2.57. The van der Waals surface area contributed by atoms with Gasteiger partial charge in [-0.1, -0.05) is 11.8 Å². The van der Waals surface area contributed by atoms with Crippen LogP contribution in [0.15, 0.2) is 11.1 Å². The zero-order chi connectivity index (χ0) is 9.14. The molecule has 3 nitrogen and oxygen atoms in total. The zero-order valence-corrected chi connectivity index (χ0v) is 8.58. The molecule has 0 radical (unpaired) electrons. The van der Waals surface area contributed by atoms with Crippen LogP contribution in [-0.2, 0) is 4.79 Å². The molecule has 1 amide bonds. The van der Waals surface area contributed by atoms with Gasteiger partial charge in [0, 0.05) is 25.1 Å². The molecule has 1 aliphatic heterocycles. The van der Waals surface area contributed by atoms with Gasteiger partial charge in [0.15, 0.2) is 5.50 Å². The number of nitrogens with one attached hydrogen (secondary N) is 1. The van der Waals surface area contributed by atoms with E-state index in [1.54, 1.807) is 11.8 Å². The summed E-state index contributed by atoms with van der Waals surface area (Å²) in [5, 5.41) is 2.80. The first-order chi connectivity index (χ1) is 5.63. The second kappa shape index (κ2) is 4.05. The number of allylic oxidation sites excluding steroid dienone is 1. The lowest BCUT2D eigenvalue weighted by atomic mass is 10.6. The zero-order valence-electron chi connectivity index (χ0n) is 7.00. The van der Waals surface area contributed by atoms with Crippen LogP contribution >= 0.6 is 23.4 Å². The van der Waals surface area contributed by atoms with Gasteiger partial charge in [-0.05, 0) is 0 Å². The van der Waals surface area contributed by atoms with Gasteiger partial charge in [-0.15, -0.1) is 11.6 Å². The molecule has 0 aromatic carbocycles. The Hall–Kier alpha value is -0.350. The Morgan fingerprint density at radius 2 is 2.58 bits per heavy atom. The Morgan fingerprint density at radius 3 is 3.00 bits per heavy atom. The summed E-state index contributed by atoms with van der Waals surface area (Å²) in [7, 11) is 1.91. The lowest BCUT2D eigenvalue weighted by molar-refractivity contribution is -0.119. The number of amides is 1. The number of alkyl halides is 1. The average Bonchev–Trinajstić information content (AvgIpc) is 2.31. The van der Waals surface area contributed by atoms with E-state index in [9.17, 15) is 4.79 Å². The van der Waals surface area contributed by atoms with E-state index >= 15 is 0 Å². The molecule has 0 saturated heterocycles. The van der Waals surface area contributed by atoms with Gasteiger partial charge in [-0.25, -0.2) is 0 Å². The standard InChI is InChI=1S/C7H11ClN2OS/c1-5(11)9-7-10(2)4-6(3-8)12-7/h4,7H,3H2,1-2H3,(H,9,11). The molecule has 1 N–H and O–H groups in total. The van der Waals surface area contributed by atoms with Gasteiger partial charge in [-0.3, -0.25) is 4.79 Å². The first-order valence-corrected chi connectivity index (χ1v) is 4.97. The fourth-order valence-corrected chi connectivity index (χ4v) is 2.21. The van der Waals surface area contributed by atoms with Crippen LogP contribution in [0, 0.1) is 0 Å². The van der Waals surface area contributed by atoms with Crippen LogP contribution in [0.3, 0.4) is 0 Å². The Morgan fingerprint density at radius 1 is 1.92 bits per heavy atom. The lowest BCUT2D eigenvalue weighted by Crippen LogP contribution is -2.38. The molecule has 0 aromatic heterocycles. The number of carbonyl (C=O) groups excluding carboxylic acids is 1. The van der Waals surface area contributed by atoms with E-state index in [2.05, 4.69) is 5.32 Å². The number of thioether (sulfide) groups is 1.